The van der Waals surface area contributed by atoms with E-state index in [1.165, 1.54) is 19.7 Å². The average molecular weight is 410 g/mol. The molecular formula is C20H18N4O6. The van der Waals surface area contributed by atoms with E-state index in [4.69, 9.17) is 14.3 Å². The van der Waals surface area contributed by atoms with Gasteiger partial charge in [-0.25, -0.2) is 9.78 Å². The number of ether oxygens (including phenoxy) is 1. The van der Waals surface area contributed by atoms with Gasteiger partial charge in [0.05, 0.1) is 18.9 Å². The van der Waals surface area contributed by atoms with E-state index < -0.39 is 17.9 Å². The normalized spacial score (nSPS) is 10.2. The third-order valence-corrected chi connectivity index (χ3v) is 3.99. The minimum Gasteiger partial charge on any atom is -0.496 e. The van der Waals surface area contributed by atoms with Crippen LogP contribution in [0.3, 0.4) is 0 Å². The van der Waals surface area contributed by atoms with Crippen molar-refractivity contribution in [2.75, 3.05) is 17.7 Å². The molecule has 10 heteroatoms. The van der Waals surface area contributed by atoms with Crippen LogP contribution in [-0.2, 0) is 16.1 Å². The molecule has 0 aliphatic heterocycles. The Kier molecular flexibility index (Phi) is 6.28. The van der Waals surface area contributed by atoms with Crippen molar-refractivity contribution in [3.05, 3.63) is 60.6 Å². The maximum atomic E-state index is 12.2. The smallest absolute Gasteiger partial charge is 0.404 e. The van der Waals surface area contributed by atoms with Crippen molar-refractivity contribution in [1.82, 2.24) is 10.3 Å². The molecule has 2 aromatic carbocycles. The first-order valence-corrected chi connectivity index (χ1v) is 8.71. The lowest BCUT2D eigenvalue weighted by Crippen LogP contribution is -2.29. The molecule has 10 nitrogen and oxygen atoms in total. The van der Waals surface area contributed by atoms with Gasteiger partial charge in [0.2, 0.25) is 0 Å². The predicted octanol–water partition coefficient (Wildman–Crippen LogP) is 2.70. The second kappa shape index (κ2) is 9.24. The number of oxazole rings is 1. The molecule has 3 aromatic rings. The van der Waals surface area contributed by atoms with E-state index in [-0.39, 0.29) is 6.54 Å². The molecule has 3 rings (SSSR count). The number of carbonyl (C=O) groups is 3. The minimum absolute atomic E-state index is 0.0720. The number of benzene rings is 2. The maximum Gasteiger partial charge on any atom is 0.404 e. The van der Waals surface area contributed by atoms with Crippen LogP contribution in [0.25, 0.3) is 11.3 Å². The average Bonchev–Trinajstić information content (AvgIpc) is 3.27. The number of carbonyl (C=O) groups excluding carboxylic acids is 2. The lowest BCUT2D eigenvalue weighted by atomic mass is 10.1. The summed E-state index contributed by atoms with van der Waals surface area (Å²) >= 11 is 0. The van der Waals surface area contributed by atoms with Gasteiger partial charge in [-0.3, -0.25) is 9.59 Å². The summed E-state index contributed by atoms with van der Waals surface area (Å²) in [6.07, 6.45) is 1.67. The van der Waals surface area contributed by atoms with E-state index in [2.05, 4.69) is 20.9 Å². The highest BCUT2D eigenvalue weighted by Crippen LogP contribution is 2.32. The first-order chi connectivity index (χ1) is 14.5. The molecule has 0 unspecified atom stereocenters. The molecule has 0 aliphatic carbocycles. The van der Waals surface area contributed by atoms with E-state index >= 15 is 0 Å². The molecule has 1 aromatic heterocycles. The Balaban J connectivity index is 1.65. The Bertz CT molecular complexity index is 1060. The minimum atomic E-state index is -1.16. The molecule has 0 atom stereocenters. The van der Waals surface area contributed by atoms with Crippen molar-refractivity contribution >= 4 is 29.3 Å². The largest absolute Gasteiger partial charge is 0.496 e. The van der Waals surface area contributed by atoms with Crippen molar-refractivity contribution in [3.63, 3.8) is 0 Å². The number of hydrogen-bond donors (Lipinski definition) is 4. The zero-order valence-corrected chi connectivity index (χ0v) is 15.8. The fourth-order valence-corrected chi connectivity index (χ4v) is 2.63. The van der Waals surface area contributed by atoms with E-state index in [0.717, 1.165) is 0 Å². The molecule has 4 N–H and O–H groups in total. The summed E-state index contributed by atoms with van der Waals surface area (Å²) in [6.45, 7) is 0.0720. The van der Waals surface area contributed by atoms with E-state index in [9.17, 15) is 14.4 Å². The number of amides is 3. The molecule has 0 bridgehead atoms. The molecule has 0 aliphatic rings. The molecule has 0 saturated carbocycles. The van der Waals surface area contributed by atoms with Crippen LogP contribution in [0.4, 0.5) is 16.2 Å². The zero-order valence-electron chi connectivity index (χ0n) is 15.8. The Morgan fingerprint density at radius 2 is 1.80 bits per heavy atom. The molecule has 30 heavy (non-hydrogen) atoms. The number of hydrogen-bond acceptors (Lipinski definition) is 6. The maximum absolute atomic E-state index is 12.2. The fourth-order valence-electron chi connectivity index (χ4n) is 2.63. The van der Waals surface area contributed by atoms with Crippen LogP contribution in [0.2, 0.25) is 0 Å². The van der Waals surface area contributed by atoms with E-state index in [1.807, 2.05) is 0 Å². The summed E-state index contributed by atoms with van der Waals surface area (Å²) in [5.74, 6) is -0.821. The molecule has 0 fully saturated rings. The quantitative estimate of drug-likeness (QED) is 0.458. The predicted molar refractivity (Wildman–Crippen MR) is 107 cm³/mol. The molecule has 1 heterocycles. The first-order valence-electron chi connectivity index (χ1n) is 8.71. The van der Waals surface area contributed by atoms with Crippen LogP contribution in [-0.4, -0.2) is 35.1 Å². The highest BCUT2D eigenvalue weighted by Gasteiger charge is 2.16. The Hall–Kier alpha value is -4.34. The van der Waals surface area contributed by atoms with E-state index in [1.54, 1.807) is 42.5 Å². The Morgan fingerprint density at radius 3 is 2.43 bits per heavy atom. The van der Waals surface area contributed by atoms with Crippen LogP contribution in [0.1, 0.15) is 5.56 Å². The van der Waals surface area contributed by atoms with Crippen molar-refractivity contribution in [2.24, 2.45) is 0 Å². The second-order valence-corrected chi connectivity index (χ2v) is 6.05. The summed E-state index contributed by atoms with van der Waals surface area (Å²) in [5.41, 5.74) is 1.99. The SMILES string of the molecule is COc1cc(NC(=O)C(=O)Nc2cccc(CNC(=O)O)c2)ccc1-c1cnco1. The summed E-state index contributed by atoms with van der Waals surface area (Å²) in [6, 6.07) is 11.3. The van der Waals surface area contributed by atoms with Gasteiger partial charge in [0, 0.05) is 24.0 Å². The Labute approximate surface area is 170 Å². The van der Waals surface area contributed by atoms with E-state index in [0.29, 0.717) is 34.0 Å². The third-order valence-electron chi connectivity index (χ3n) is 3.99. The van der Waals surface area contributed by atoms with Crippen LogP contribution in [0.5, 0.6) is 5.75 Å². The first kappa shape index (κ1) is 20.4. The highest BCUT2D eigenvalue weighted by atomic mass is 16.5. The van der Waals surface area contributed by atoms with Crippen LogP contribution in [0.15, 0.2) is 59.5 Å². The zero-order chi connectivity index (χ0) is 21.5. The van der Waals surface area contributed by atoms with Gasteiger partial charge in [-0.2, -0.15) is 0 Å². The molecule has 0 saturated heterocycles. The van der Waals surface area contributed by atoms with Crippen LogP contribution >= 0.6 is 0 Å². The monoisotopic (exact) mass is 410 g/mol. The Morgan fingerprint density at radius 1 is 1.07 bits per heavy atom. The van der Waals surface area contributed by atoms with Gasteiger partial charge in [-0.15, -0.1) is 0 Å². The lowest BCUT2D eigenvalue weighted by molar-refractivity contribution is -0.132. The molecular weight excluding hydrogens is 392 g/mol. The van der Waals surface area contributed by atoms with Gasteiger partial charge in [-0.1, -0.05) is 12.1 Å². The fraction of sp³-hybridized carbons (Fsp3) is 0.100. The number of nitrogens with zero attached hydrogens (tertiary/aromatic N) is 1. The number of methoxy groups -OCH3 is 1. The molecule has 0 spiro atoms. The van der Waals surface area contributed by atoms with Gasteiger partial charge in [0.25, 0.3) is 0 Å². The standard InChI is InChI=1S/C20H18N4O6/c1-29-16-8-14(5-6-15(16)17-10-21-11-30-17)24-19(26)18(25)23-13-4-2-3-12(7-13)9-22-20(27)28/h2-8,10-11,22H,9H2,1H3,(H,23,25)(H,24,26)(H,27,28). The third kappa shape index (κ3) is 5.13. The van der Waals surface area contributed by atoms with Crippen molar-refractivity contribution < 1.29 is 28.6 Å². The molecule has 154 valence electrons. The van der Waals surface area contributed by atoms with Gasteiger partial charge in [0.15, 0.2) is 12.2 Å². The lowest BCUT2D eigenvalue weighted by Gasteiger charge is -2.11. The van der Waals surface area contributed by atoms with Crippen molar-refractivity contribution in [2.45, 2.75) is 6.54 Å². The molecule has 3 amide bonds. The van der Waals surface area contributed by atoms with Crippen LogP contribution < -0.4 is 20.7 Å². The highest BCUT2D eigenvalue weighted by molar-refractivity contribution is 6.43. The summed E-state index contributed by atoms with van der Waals surface area (Å²) in [5, 5.41) is 15.9. The summed E-state index contributed by atoms with van der Waals surface area (Å²) < 4.78 is 10.6. The molecule has 0 radical (unpaired) electrons. The van der Waals surface area contributed by atoms with Gasteiger partial charge in [0.1, 0.15) is 5.75 Å². The second-order valence-electron chi connectivity index (χ2n) is 6.05. The number of aromatic nitrogens is 1. The van der Waals surface area contributed by atoms with Crippen molar-refractivity contribution in [1.29, 1.82) is 0 Å². The van der Waals surface area contributed by atoms with Gasteiger partial charge in [-0.05, 0) is 29.8 Å². The van der Waals surface area contributed by atoms with Gasteiger partial charge < -0.3 is 30.2 Å². The topological polar surface area (TPSA) is 143 Å². The number of nitrogens with one attached hydrogen (secondary N) is 3. The van der Waals surface area contributed by atoms with Crippen molar-refractivity contribution in [3.8, 4) is 17.1 Å². The van der Waals surface area contributed by atoms with Crippen LogP contribution in [0, 0.1) is 0 Å². The van der Waals surface area contributed by atoms with Gasteiger partial charge >= 0.3 is 17.9 Å². The number of anilines is 2. The number of rotatable bonds is 6. The summed E-state index contributed by atoms with van der Waals surface area (Å²) in [7, 11) is 1.47. The summed E-state index contributed by atoms with van der Waals surface area (Å²) in [4.78, 5) is 38.9. The number of carboxylic acid groups (broad SMARTS) is 1.